The Hall–Kier alpha value is -2.21. The number of methoxy groups -OCH3 is 2. The number of hydrogen-bond donors (Lipinski definition) is 1. The zero-order valence-electron chi connectivity index (χ0n) is 12.5. The molecule has 0 amide bonds. The van der Waals surface area contributed by atoms with E-state index in [-0.39, 0.29) is 6.04 Å². The van der Waals surface area contributed by atoms with Crippen LogP contribution in [0, 0.1) is 0 Å². The van der Waals surface area contributed by atoms with Crippen LogP contribution in [0.4, 0.5) is 0 Å². The van der Waals surface area contributed by atoms with Crippen LogP contribution < -0.4 is 14.8 Å². The first kappa shape index (κ1) is 15.2. The van der Waals surface area contributed by atoms with Gasteiger partial charge in [-0.3, -0.25) is 4.98 Å². The number of pyridine rings is 1. The molecule has 0 aromatic carbocycles. The molecule has 0 aliphatic heterocycles. The number of likely N-dealkylation sites (N-methyl/N-ethyl adjacent to an activating group) is 1. The number of ether oxygens (including phenoxy) is 2. The summed E-state index contributed by atoms with van der Waals surface area (Å²) in [7, 11) is 3.14. The molecule has 2 rings (SSSR count). The zero-order valence-corrected chi connectivity index (χ0v) is 12.5. The average molecular weight is 288 g/mol. The quantitative estimate of drug-likeness (QED) is 0.837. The van der Waals surface area contributed by atoms with E-state index in [2.05, 4.69) is 27.2 Å². The summed E-state index contributed by atoms with van der Waals surface area (Å²) in [6.07, 6.45) is 5.97. The third-order valence-electron chi connectivity index (χ3n) is 3.12. The highest BCUT2D eigenvalue weighted by Crippen LogP contribution is 2.25. The minimum absolute atomic E-state index is 0.0192. The van der Waals surface area contributed by atoms with Crippen molar-refractivity contribution < 1.29 is 9.47 Å². The Bertz CT molecular complexity index is 563. The molecule has 112 valence electrons. The second-order valence-electron chi connectivity index (χ2n) is 4.48. The van der Waals surface area contributed by atoms with Crippen molar-refractivity contribution in [1.82, 2.24) is 20.3 Å². The van der Waals surface area contributed by atoms with E-state index < -0.39 is 0 Å². The highest BCUT2D eigenvalue weighted by atomic mass is 16.5. The molecule has 6 heteroatoms. The molecule has 0 fully saturated rings. The SMILES string of the molecule is CCNC(Cc1ccncc1)c1ncc(OC)nc1OC. The summed E-state index contributed by atoms with van der Waals surface area (Å²) in [6, 6.07) is 4.01. The van der Waals surface area contributed by atoms with Crippen LogP contribution in [0.1, 0.15) is 24.2 Å². The molecule has 2 aromatic heterocycles. The topological polar surface area (TPSA) is 69.2 Å². The molecule has 0 spiro atoms. The van der Waals surface area contributed by atoms with Crippen molar-refractivity contribution in [2.45, 2.75) is 19.4 Å². The van der Waals surface area contributed by atoms with Gasteiger partial charge < -0.3 is 14.8 Å². The van der Waals surface area contributed by atoms with Crippen LogP contribution in [-0.4, -0.2) is 35.7 Å². The van der Waals surface area contributed by atoms with Gasteiger partial charge in [0.1, 0.15) is 5.69 Å². The number of hydrogen-bond acceptors (Lipinski definition) is 6. The lowest BCUT2D eigenvalue weighted by Crippen LogP contribution is -2.25. The van der Waals surface area contributed by atoms with Gasteiger partial charge in [-0.25, -0.2) is 4.98 Å². The van der Waals surface area contributed by atoms with Gasteiger partial charge >= 0.3 is 0 Å². The summed E-state index contributed by atoms with van der Waals surface area (Å²) in [4.78, 5) is 12.8. The van der Waals surface area contributed by atoms with E-state index in [4.69, 9.17) is 9.47 Å². The average Bonchev–Trinajstić information content (AvgIpc) is 2.55. The van der Waals surface area contributed by atoms with E-state index in [1.54, 1.807) is 32.8 Å². The van der Waals surface area contributed by atoms with Crippen molar-refractivity contribution in [3.05, 3.63) is 42.0 Å². The molecular weight excluding hydrogens is 268 g/mol. The van der Waals surface area contributed by atoms with E-state index in [0.717, 1.165) is 18.7 Å². The first-order valence-electron chi connectivity index (χ1n) is 6.85. The first-order valence-corrected chi connectivity index (χ1v) is 6.85. The number of nitrogens with zero attached hydrogens (tertiary/aromatic N) is 3. The molecule has 0 aliphatic rings. The van der Waals surface area contributed by atoms with Crippen LogP contribution in [0.2, 0.25) is 0 Å². The van der Waals surface area contributed by atoms with E-state index in [0.29, 0.717) is 11.8 Å². The second-order valence-corrected chi connectivity index (χ2v) is 4.48. The minimum atomic E-state index is 0.0192. The predicted molar refractivity (Wildman–Crippen MR) is 79.5 cm³/mol. The summed E-state index contributed by atoms with van der Waals surface area (Å²) < 4.78 is 10.4. The summed E-state index contributed by atoms with van der Waals surface area (Å²) in [5, 5.41) is 3.42. The van der Waals surface area contributed by atoms with Crippen molar-refractivity contribution in [2.24, 2.45) is 0 Å². The van der Waals surface area contributed by atoms with E-state index in [1.807, 2.05) is 12.1 Å². The summed E-state index contributed by atoms with van der Waals surface area (Å²) >= 11 is 0. The van der Waals surface area contributed by atoms with Gasteiger partial charge in [-0.2, -0.15) is 4.98 Å². The lowest BCUT2D eigenvalue weighted by molar-refractivity contribution is 0.349. The maximum atomic E-state index is 5.35. The third-order valence-corrected chi connectivity index (χ3v) is 3.12. The molecule has 21 heavy (non-hydrogen) atoms. The fourth-order valence-electron chi connectivity index (χ4n) is 2.12. The normalized spacial score (nSPS) is 12.0. The van der Waals surface area contributed by atoms with Crippen molar-refractivity contribution in [3.63, 3.8) is 0 Å². The molecule has 2 heterocycles. The molecular formula is C15H20N4O2. The van der Waals surface area contributed by atoms with E-state index in [1.165, 1.54) is 5.56 Å². The monoisotopic (exact) mass is 288 g/mol. The van der Waals surface area contributed by atoms with Crippen molar-refractivity contribution in [3.8, 4) is 11.8 Å². The molecule has 0 saturated carbocycles. The van der Waals surface area contributed by atoms with Crippen LogP contribution >= 0.6 is 0 Å². The van der Waals surface area contributed by atoms with Gasteiger partial charge in [0.2, 0.25) is 11.8 Å². The Morgan fingerprint density at radius 3 is 2.57 bits per heavy atom. The minimum Gasteiger partial charge on any atom is -0.480 e. The van der Waals surface area contributed by atoms with E-state index in [9.17, 15) is 0 Å². The molecule has 1 unspecified atom stereocenters. The van der Waals surface area contributed by atoms with Crippen LogP contribution in [0.5, 0.6) is 11.8 Å². The van der Waals surface area contributed by atoms with Crippen LogP contribution in [0.25, 0.3) is 0 Å². The maximum absolute atomic E-state index is 5.35. The molecule has 0 saturated heterocycles. The Balaban J connectivity index is 2.29. The molecule has 0 bridgehead atoms. The van der Waals surface area contributed by atoms with Gasteiger partial charge in [0.25, 0.3) is 0 Å². The lowest BCUT2D eigenvalue weighted by Gasteiger charge is -2.19. The Morgan fingerprint density at radius 2 is 1.95 bits per heavy atom. The number of rotatable bonds is 7. The fraction of sp³-hybridized carbons (Fsp3) is 0.400. The first-order chi connectivity index (χ1) is 10.3. The predicted octanol–water partition coefficient (Wildman–Crippen LogP) is 1.78. The molecule has 1 atom stereocenters. The smallest absolute Gasteiger partial charge is 0.240 e. The summed E-state index contributed by atoms with van der Waals surface area (Å²) in [5.74, 6) is 0.920. The Kier molecular flexibility index (Phi) is 5.45. The molecule has 0 aliphatic carbocycles. The van der Waals surface area contributed by atoms with Crippen LogP contribution in [-0.2, 0) is 6.42 Å². The van der Waals surface area contributed by atoms with Gasteiger partial charge in [0.15, 0.2) is 0 Å². The van der Waals surface area contributed by atoms with Crippen LogP contribution in [0.3, 0.4) is 0 Å². The fourth-order valence-corrected chi connectivity index (χ4v) is 2.12. The Labute approximate surface area is 124 Å². The van der Waals surface area contributed by atoms with Crippen molar-refractivity contribution in [2.75, 3.05) is 20.8 Å². The molecule has 6 nitrogen and oxygen atoms in total. The van der Waals surface area contributed by atoms with Crippen LogP contribution in [0.15, 0.2) is 30.7 Å². The van der Waals surface area contributed by atoms with Crippen molar-refractivity contribution >= 4 is 0 Å². The Morgan fingerprint density at radius 1 is 1.19 bits per heavy atom. The summed E-state index contributed by atoms with van der Waals surface area (Å²) in [6.45, 7) is 2.88. The van der Waals surface area contributed by atoms with Gasteiger partial charge in [0.05, 0.1) is 26.5 Å². The molecule has 1 N–H and O–H groups in total. The second kappa shape index (κ2) is 7.54. The largest absolute Gasteiger partial charge is 0.480 e. The summed E-state index contributed by atoms with van der Waals surface area (Å²) in [5.41, 5.74) is 1.95. The van der Waals surface area contributed by atoms with Gasteiger partial charge in [0, 0.05) is 12.4 Å². The zero-order chi connectivity index (χ0) is 15.1. The lowest BCUT2D eigenvalue weighted by atomic mass is 10.0. The van der Waals surface area contributed by atoms with Crippen molar-refractivity contribution in [1.29, 1.82) is 0 Å². The van der Waals surface area contributed by atoms with E-state index >= 15 is 0 Å². The number of nitrogens with one attached hydrogen (secondary N) is 1. The van der Waals surface area contributed by atoms with Gasteiger partial charge in [-0.1, -0.05) is 6.92 Å². The highest BCUT2D eigenvalue weighted by Gasteiger charge is 2.19. The van der Waals surface area contributed by atoms with Gasteiger partial charge in [-0.05, 0) is 30.7 Å². The maximum Gasteiger partial charge on any atom is 0.240 e. The third kappa shape index (κ3) is 3.88. The van der Waals surface area contributed by atoms with Gasteiger partial charge in [-0.15, -0.1) is 0 Å². The number of aromatic nitrogens is 3. The molecule has 2 aromatic rings. The molecule has 0 radical (unpaired) electrons. The standard InChI is InChI=1S/C15H20N4O2/c1-4-17-12(9-11-5-7-16-8-6-11)14-15(21-3)19-13(20-2)10-18-14/h5-8,10,12,17H,4,9H2,1-3H3. The highest BCUT2D eigenvalue weighted by molar-refractivity contribution is 5.27.